The van der Waals surface area contributed by atoms with Gasteiger partial charge in [0.2, 0.25) is 0 Å². The largest absolute Gasteiger partial charge is 0.489 e. The second kappa shape index (κ2) is 10.8. The van der Waals surface area contributed by atoms with Gasteiger partial charge in [0.05, 0.1) is 11.5 Å². The van der Waals surface area contributed by atoms with Crippen LogP contribution in [0.5, 0.6) is 5.75 Å². The Balaban J connectivity index is 1.49. The summed E-state index contributed by atoms with van der Waals surface area (Å²) in [4.78, 5) is 37.9. The van der Waals surface area contributed by atoms with Crippen LogP contribution in [-0.4, -0.2) is 39.7 Å². The number of aromatic nitrogens is 1. The highest BCUT2D eigenvalue weighted by atomic mass is 32.2. The number of hydrogen-bond donors (Lipinski definition) is 0. The third kappa shape index (κ3) is 5.52. The van der Waals surface area contributed by atoms with Gasteiger partial charge in [0.1, 0.15) is 24.7 Å². The van der Waals surface area contributed by atoms with Gasteiger partial charge in [-0.15, -0.1) is 0 Å². The number of benzene rings is 2. The number of ether oxygens (including phenoxy) is 2. The minimum atomic E-state index is -0.621. The smallest absolute Gasteiger partial charge is 0.326 e. The number of carbonyl (C=O) groups excluding carboxylic acids is 3. The van der Waals surface area contributed by atoms with Crippen LogP contribution in [0.2, 0.25) is 0 Å². The van der Waals surface area contributed by atoms with E-state index < -0.39 is 23.7 Å². The average molecular weight is 509 g/mol. The maximum absolute atomic E-state index is 13.1. The first-order valence-electron chi connectivity index (χ1n) is 11.3. The van der Waals surface area contributed by atoms with Crippen LogP contribution in [-0.2, 0) is 20.9 Å². The lowest BCUT2D eigenvalue weighted by atomic mass is 10.2. The summed E-state index contributed by atoms with van der Waals surface area (Å²) in [5.41, 5.74) is 4.42. The molecule has 1 aromatic heterocycles. The molecule has 2 aromatic carbocycles. The van der Waals surface area contributed by atoms with E-state index in [9.17, 15) is 18.8 Å². The van der Waals surface area contributed by atoms with Crippen molar-refractivity contribution < 1.29 is 28.2 Å². The predicted octanol–water partition coefficient (Wildman–Crippen LogP) is 5.41. The second-order valence-corrected chi connectivity index (χ2v) is 9.14. The second-order valence-electron chi connectivity index (χ2n) is 8.14. The summed E-state index contributed by atoms with van der Waals surface area (Å²) >= 11 is 0.807. The molecule has 0 bridgehead atoms. The number of imide groups is 1. The Bertz CT molecular complexity index is 1330. The van der Waals surface area contributed by atoms with E-state index in [0.29, 0.717) is 12.4 Å². The summed E-state index contributed by atoms with van der Waals surface area (Å²) in [7, 11) is 0. The highest BCUT2D eigenvalue weighted by Gasteiger charge is 2.36. The molecule has 1 fully saturated rings. The van der Waals surface area contributed by atoms with Crippen LogP contribution in [0.1, 0.15) is 29.4 Å². The van der Waals surface area contributed by atoms with Crippen molar-refractivity contribution in [3.63, 3.8) is 0 Å². The molecule has 4 rings (SSSR count). The van der Waals surface area contributed by atoms with Crippen molar-refractivity contribution in [3.05, 3.63) is 87.8 Å². The first-order valence-corrected chi connectivity index (χ1v) is 12.2. The fourth-order valence-electron chi connectivity index (χ4n) is 3.88. The summed E-state index contributed by atoms with van der Waals surface area (Å²) in [5, 5.41) is -0.496. The highest BCUT2D eigenvalue weighted by molar-refractivity contribution is 8.18. The monoisotopic (exact) mass is 508 g/mol. The third-order valence-electron chi connectivity index (χ3n) is 5.64. The molecule has 9 heteroatoms. The zero-order valence-corrected chi connectivity index (χ0v) is 20.9. The van der Waals surface area contributed by atoms with Gasteiger partial charge in [-0.1, -0.05) is 12.1 Å². The van der Waals surface area contributed by atoms with E-state index in [1.54, 1.807) is 25.1 Å². The summed E-state index contributed by atoms with van der Waals surface area (Å²) in [6.07, 6.45) is 1.68. The molecule has 0 atom stereocenters. The maximum Gasteiger partial charge on any atom is 0.326 e. The van der Waals surface area contributed by atoms with Gasteiger partial charge in [-0.3, -0.25) is 19.3 Å². The molecule has 0 saturated carbocycles. The summed E-state index contributed by atoms with van der Waals surface area (Å²) in [6, 6.07) is 15.7. The summed E-state index contributed by atoms with van der Waals surface area (Å²) < 4.78 is 25.8. The SMILES string of the molecule is CCOC(=O)CN1C(=O)S/C(=C\c2cc(C)n(-c3ccc(OCc4ccc(F)cc4)cc3)c2C)C1=O. The molecule has 0 N–H and O–H groups in total. The standard InChI is InChI=1S/C27H25FN2O5S/c1-4-34-25(31)15-29-26(32)24(36-27(29)33)14-20-13-17(2)30(18(20)3)22-9-11-23(12-10-22)35-16-19-5-7-21(28)8-6-19/h5-14H,4,15-16H2,1-3H3/b24-14-. The Labute approximate surface area is 212 Å². The number of rotatable bonds is 8. The number of thioether (sulfide) groups is 1. The Morgan fingerprint density at radius 3 is 2.42 bits per heavy atom. The van der Waals surface area contributed by atoms with Crippen molar-refractivity contribution in [1.29, 1.82) is 0 Å². The molecule has 1 aliphatic rings. The fraction of sp³-hybridized carbons (Fsp3) is 0.222. The molecule has 0 radical (unpaired) electrons. The fourth-order valence-corrected chi connectivity index (χ4v) is 4.71. The van der Waals surface area contributed by atoms with Gasteiger partial charge in [0, 0.05) is 17.1 Å². The molecule has 1 aliphatic heterocycles. The molecule has 3 aromatic rings. The summed E-state index contributed by atoms with van der Waals surface area (Å²) in [5.74, 6) is -0.733. The van der Waals surface area contributed by atoms with E-state index >= 15 is 0 Å². The van der Waals surface area contributed by atoms with Gasteiger partial charge < -0.3 is 14.0 Å². The van der Waals surface area contributed by atoms with Crippen molar-refractivity contribution in [3.8, 4) is 11.4 Å². The van der Waals surface area contributed by atoms with Gasteiger partial charge in [0.25, 0.3) is 11.1 Å². The van der Waals surface area contributed by atoms with Crippen LogP contribution >= 0.6 is 11.8 Å². The van der Waals surface area contributed by atoms with Crippen LogP contribution in [0.4, 0.5) is 9.18 Å². The van der Waals surface area contributed by atoms with E-state index in [2.05, 4.69) is 0 Å². The number of aryl methyl sites for hydroxylation is 1. The Morgan fingerprint density at radius 2 is 1.75 bits per heavy atom. The normalized spacial score (nSPS) is 14.6. The number of amides is 2. The van der Waals surface area contributed by atoms with Crippen molar-refractivity contribution in [2.75, 3.05) is 13.2 Å². The highest BCUT2D eigenvalue weighted by Crippen LogP contribution is 2.34. The molecule has 2 amide bonds. The van der Waals surface area contributed by atoms with E-state index in [-0.39, 0.29) is 17.3 Å². The predicted molar refractivity (Wildman–Crippen MR) is 135 cm³/mol. The third-order valence-corrected chi connectivity index (χ3v) is 6.54. The lowest BCUT2D eigenvalue weighted by Gasteiger charge is -2.12. The number of hydrogen-bond acceptors (Lipinski definition) is 6. The molecule has 0 aliphatic carbocycles. The van der Waals surface area contributed by atoms with Gasteiger partial charge in [0.15, 0.2) is 0 Å². The molecular formula is C27H25FN2O5S. The number of carbonyl (C=O) groups is 3. The van der Waals surface area contributed by atoms with Crippen molar-refractivity contribution in [2.45, 2.75) is 27.4 Å². The number of nitrogens with zero attached hydrogens (tertiary/aromatic N) is 2. The minimum Gasteiger partial charge on any atom is -0.489 e. The molecular weight excluding hydrogens is 483 g/mol. The van der Waals surface area contributed by atoms with E-state index in [4.69, 9.17) is 9.47 Å². The Morgan fingerprint density at radius 1 is 1.06 bits per heavy atom. The first-order chi connectivity index (χ1) is 17.3. The molecule has 36 heavy (non-hydrogen) atoms. The zero-order valence-electron chi connectivity index (χ0n) is 20.1. The van der Waals surface area contributed by atoms with E-state index in [1.165, 1.54) is 12.1 Å². The van der Waals surface area contributed by atoms with Crippen molar-refractivity contribution >= 4 is 35.0 Å². The first kappa shape index (κ1) is 25.2. The van der Waals surface area contributed by atoms with Crippen molar-refractivity contribution in [1.82, 2.24) is 9.47 Å². The summed E-state index contributed by atoms with van der Waals surface area (Å²) in [6.45, 7) is 5.66. The average Bonchev–Trinajstić information content (AvgIpc) is 3.28. The van der Waals surface area contributed by atoms with Crippen LogP contribution in [0.25, 0.3) is 11.8 Å². The minimum absolute atomic E-state index is 0.179. The van der Waals surface area contributed by atoms with E-state index in [1.807, 2.05) is 48.7 Å². The number of esters is 1. The lowest BCUT2D eigenvalue weighted by Crippen LogP contribution is -2.34. The Hall–Kier alpha value is -3.85. The van der Waals surface area contributed by atoms with Gasteiger partial charge in [-0.05, 0) is 92.2 Å². The number of halogens is 1. The van der Waals surface area contributed by atoms with Gasteiger partial charge in [-0.2, -0.15) is 0 Å². The van der Waals surface area contributed by atoms with Crippen LogP contribution in [0.15, 0.2) is 59.5 Å². The molecule has 0 spiro atoms. The van der Waals surface area contributed by atoms with E-state index in [0.717, 1.165) is 44.9 Å². The van der Waals surface area contributed by atoms with Gasteiger partial charge in [-0.25, -0.2) is 4.39 Å². The maximum atomic E-state index is 13.1. The molecule has 186 valence electrons. The topological polar surface area (TPSA) is 77.8 Å². The van der Waals surface area contributed by atoms with Crippen molar-refractivity contribution in [2.24, 2.45) is 0 Å². The molecule has 7 nitrogen and oxygen atoms in total. The Kier molecular flexibility index (Phi) is 7.59. The zero-order chi connectivity index (χ0) is 25.8. The lowest BCUT2D eigenvalue weighted by molar-refractivity contribution is -0.145. The van der Waals surface area contributed by atoms with Crippen LogP contribution < -0.4 is 4.74 Å². The molecule has 0 unspecified atom stereocenters. The molecule has 1 saturated heterocycles. The van der Waals surface area contributed by atoms with Gasteiger partial charge >= 0.3 is 5.97 Å². The molecule has 2 heterocycles. The quantitative estimate of drug-likeness (QED) is 0.299. The van der Waals surface area contributed by atoms with Crippen LogP contribution in [0, 0.1) is 19.7 Å². The van der Waals surface area contributed by atoms with Crippen LogP contribution in [0.3, 0.4) is 0 Å².